The largest absolute Gasteiger partial charge is 0.480 e. The SMILES string of the molecule is CC(N)=NCC(C)=C(C)CC[C@H](N)C(=O)O. The van der Waals surface area contributed by atoms with Gasteiger partial charge in [-0.1, -0.05) is 11.1 Å². The van der Waals surface area contributed by atoms with Crippen molar-refractivity contribution in [2.24, 2.45) is 16.5 Å². The quantitative estimate of drug-likeness (QED) is 0.356. The molecule has 0 saturated heterocycles. The van der Waals surface area contributed by atoms with Gasteiger partial charge in [-0.3, -0.25) is 9.79 Å². The number of hydrogen-bond donors (Lipinski definition) is 3. The molecule has 0 aliphatic heterocycles. The van der Waals surface area contributed by atoms with Gasteiger partial charge in [0.05, 0.1) is 12.4 Å². The lowest BCUT2D eigenvalue weighted by Gasteiger charge is -2.08. The average Bonchev–Trinajstić information content (AvgIpc) is 2.21. The second kappa shape index (κ2) is 7.00. The number of hydrogen-bond acceptors (Lipinski definition) is 3. The third-order valence-electron chi connectivity index (χ3n) is 2.44. The van der Waals surface area contributed by atoms with Gasteiger partial charge < -0.3 is 16.6 Å². The molecule has 0 radical (unpaired) electrons. The molecule has 0 aliphatic rings. The van der Waals surface area contributed by atoms with Crippen LogP contribution in [0, 0.1) is 0 Å². The summed E-state index contributed by atoms with van der Waals surface area (Å²) in [5.74, 6) is -0.407. The van der Waals surface area contributed by atoms with E-state index < -0.39 is 12.0 Å². The Hall–Kier alpha value is -1.36. The van der Waals surface area contributed by atoms with Crippen LogP contribution in [-0.4, -0.2) is 29.5 Å². The Morgan fingerprint density at radius 3 is 2.31 bits per heavy atom. The van der Waals surface area contributed by atoms with Gasteiger partial charge in [-0.05, 0) is 33.6 Å². The van der Waals surface area contributed by atoms with Gasteiger partial charge in [0, 0.05) is 0 Å². The van der Waals surface area contributed by atoms with Gasteiger partial charge in [-0.15, -0.1) is 0 Å². The maximum Gasteiger partial charge on any atom is 0.320 e. The van der Waals surface area contributed by atoms with Crippen molar-refractivity contribution in [1.29, 1.82) is 0 Å². The molecule has 0 spiro atoms. The second-order valence-corrected chi connectivity index (χ2v) is 4.00. The van der Waals surface area contributed by atoms with Crippen LogP contribution in [0.3, 0.4) is 0 Å². The van der Waals surface area contributed by atoms with E-state index >= 15 is 0 Å². The monoisotopic (exact) mass is 227 g/mol. The molecule has 0 amide bonds. The fourth-order valence-electron chi connectivity index (χ4n) is 1.09. The van der Waals surface area contributed by atoms with Gasteiger partial charge in [-0.25, -0.2) is 0 Å². The van der Waals surface area contributed by atoms with Gasteiger partial charge >= 0.3 is 5.97 Å². The molecule has 0 aromatic carbocycles. The van der Waals surface area contributed by atoms with Crippen molar-refractivity contribution >= 4 is 11.8 Å². The second-order valence-electron chi connectivity index (χ2n) is 4.00. The zero-order valence-corrected chi connectivity index (χ0v) is 10.2. The summed E-state index contributed by atoms with van der Waals surface area (Å²) in [6.45, 7) is 6.23. The van der Waals surface area contributed by atoms with Crippen LogP contribution in [0.25, 0.3) is 0 Å². The van der Waals surface area contributed by atoms with Crippen LogP contribution in [0.2, 0.25) is 0 Å². The topological polar surface area (TPSA) is 102 Å². The number of rotatable bonds is 6. The molecule has 0 rings (SSSR count). The van der Waals surface area contributed by atoms with Crippen molar-refractivity contribution in [1.82, 2.24) is 0 Å². The predicted octanol–water partition coefficient (Wildman–Crippen LogP) is 0.892. The minimum Gasteiger partial charge on any atom is -0.480 e. The minimum absolute atomic E-state index is 0.448. The van der Waals surface area contributed by atoms with E-state index in [9.17, 15) is 4.79 Å². The van der Waals surface area contributed by atoms with E-state index in [0.717, 1.165) is 11.1 Å². The van der Waals surface area contributed by atoms with Gasteiger partial charge in [0.1, 0.15) is 6.04 Å². The van der Waals surface area contributed by atoms with Crippen molar-refractivity contribution in [3.8, 4) is 0 Å². The van der Waals surface area contributed by atoms with E-state index in [0.29, 0.717) is 25.2 Å². The summed E-state index contributed by atoms with van der Waals surface area (Å²) in [7, 11) is 0. The average molecular weight is 227 g/mol. The predicted molar refractivity (Wildman–Crippen MR) is 65.4 cm³/mol. The number of nitrogens with zero attached hydrogens (tertiary/aromatic N) is 1. The van der Waals surface area contributed by atoms with Crippen molar-refractivity contribution in [3.05, 3.63) is 11.1 Å². The summed E-state index contributed by atoms with van der Waals surface area (Å²) in [5.41, 5.74) is 13.1. The summed E-state index contributed by atoms with van der Waals surface area (Å²) in [6, 6.07) is -0.789. The maximum atomic E-state index is 10.5. The molecule has 16 heavy (non-hydrogen) atoms. The standard InChI is InChI=1S/C11H21N3O2/c1-7(4-5-10(13)11(15)16)8(2)6-14-9(3)12/h10H,4-6,13H2,1-3H3,(H2,12,14)(H,15,16)/t10-/m0/s1. The minimum atomic E-state index is -0.957. The molecule has 5 heteroatoms. The summed E-state index contributed by atoms with van der Waals surface area (Å²) in [4.78, 5) is 14.6. The first kappa shape index (κ1) is 14.6. The number of carboxylic acid groups (broad SMARTS) is 1. The van der Waals surface area contributed by atoms with E-state index in [1.807, 2.05) is 13.8 Å². The summed E-state index contributed by atoms with van der Waals surface area (Å²) in [6.07, 6.45) is 1.13. The van der Waals surface area contributed by atoms with Crippen LogP contribution >= 0.6 is 0 Å². The summed E-state index contributed by atoms with van der Waals surface area (Å²) < 4.78 is 0. The first-order chi connectivity index (χ1) is 7.34. The number of allylic oxidation sites excluding steroid dienone is 1. The lowest BCUT2D eigenvalue weighted by molar-refractivity contribution is -0.138. The molecule has 0 aliphatic carbocycles. The highest BCUT2D eigenvalue weighted by atomic mass is 16.4. The molecule has 5 nitrogen and oxygen atoms in total. The molecule has 1 atom stereocenters. The van der Waals surface area contributed by atoms with Gasteiger partial charge in [0.2, 0.25) is 0 Å². The molecule has 92 valence electrons. The van der Waals surface area contributed by atoms with Crippen LogP contribution in [-0.2, 0) is 4.79 Å². The third-order valence-corrected chi connectivity index (χ3v) is 2.44. The zero-order valence-electron chi connectivity index (χ0n) is 10.2. The van der Waals surface area contributed by atoms with E-state index in [4.69, 9.17) is 16.6 Å². The van der Waals surface area contributed by atoms with Crippen molar-refractivity contribution in [2.45, 2.75) is 39.7 Å². The third kappa shape index (κ3) is 6.19. The highest BCUT2D eigenvalue weighted by Crippen LogP contribution is 2.11. The van der Waals surface area contributed by atoms with Crippen LogP contribution in [0.5, 0.6) is 0 Å². The Bertz CT molecular complexity index is 304. The number of carboxylic acids is 1. The molecule has 0 heterocycles. The van der Waals surface area contributed by atoms with E-state index in [2.05, 4.69) is 4.99 Å². The van der Waals surface area contributed by atoms with E-state index in [1.54, 1.807) is 6.92 Å². The van der Waals surface area contributed by atoms with Crippen molar-refractivity contribution in [2.75, 3.05) is 6.54 Å². The zero-order chi connectivity index (χ0) is 12.7. The van der Waals surface area contributed by atoms with Crippen molar-refractivity contribution < 1.29 is 9.90 Å². The first-order valence-electron chi connectivity index (χ1n) is 5.24. The molecule has 0 saturated carbocycles. The molecule has 0 fully saturated rings. The molecule has 0 unspecified atom stereocenters. The van der Waals surface area contributed by atoms with E-state index in [1.165, 1.54) is 0 Å². The summed E-state index contributed by atoms with van der Waals surface area (Å²) in [5, 5.41) is 8.63. The van der Waals surface area contributed by atoms with E-state index in [-0.39, 0.29) is 0 Å². The maximum absolute atomic E-state index is 10.5. The summed E-state index contributed by atoms with van der Waals surface area (Å²) >= 11 is 0. The van der Waals surface area contributed by atoms with Crippen LogP contribution in [0.15, 0.2) is 16.1 Å². The number of aliphatic carboxylic acids is 1. The van der Waals surface area contributed by atoms with Gasteiger partial charge in [0.25, 0.3) is 0 Å². The fourth-order valence-corrected chi connectivity index (χ4v) is 1.09. The smallest absolute Gasteiger partial charge is 0.320 e. The van der Waals surface area contributed by atoms with Crippen molar-refractivity contribution in [3.63, 3.8) is 0 Å². The first-order valence-corrected chi connectivity index (χ1v) is 5.24. The molecule has 0 aromatic heterocycles. The van der Waals surface area contributed by atoms with Crippen LogP contribution < -0.4 is 11.5 Å². The normalized spacial score (nSPS) is 15.6. The fraction of sp³-hybridized carbons (Fsp3) is 0.636. The molecule has 0 bridgehead atoms. The Kier molecular flexibility index (Phi) is 6.41. The number of amidine groups is 1. The molecular weight excluding hydrogens is 206 g/mol. The highest BCUT2D eigenvalue weighted by molar-refractivity contribution is 5.77. The molecule has 5 N–H and O–H groups in total. The lowest BCUT2D eigenvalue weighted by Crippen LogP contribution is -2.29. The molecule has 0 aromatic rings. The lowest BCUT2D eigenvalue weighted by atomic mass is 10.0. The Balaban J connectivity index is 4.21. The Morgan fingerprint density at radius 2 is 1.88 bits per heavy atom. The Labute approximate surface area is 96.2 Å². The molecular formula is C11H21N3O2. The number of carbonyl (C=O) groups is 1. The highest BCUT2D eigenvalue weighted by Gasteiger charge is 2.11. The number of aliphatic imine (C=N–C) groups is 1. The van der Waals surface area contributed by atoms with Gasteiger partial charge in [0.15, 0.2) is 0 Å². The number of nitrogens with two attached hydrogens (primary N) is 2. The van der Waals surface area contributed by atoms with Crippen LogP contribution in [0.4, 0.5) is 0 Å². The van der Waals surface area contributed by atoms with Crippen LogP contribution in [0.1, 0.15) is 33.6 Å². The van der Waals surface area contributed by atoms with Gasteiger partial charge in [-0.2, -0.15) is 0 Å². The Morgan fingerprint density at radius 1 is 1.31 bits per heavy atom.